The molecule has 0 atom stereocenters. The molecule has 0 unspecified atom stereocenters. The van der Waals surface area contributed by atoms with Crippen LogP contribution in [0.1, 0.15) is 10.4 Å². The molecule has 8 heteroatoms. The van der Waals surface area contributed by atoms with E-state index in [1.165, 1.54) is 0 Å². The minimum Gasteiger partial charge on any atom is -0.343 e. The third kappa shape index (κ3) is 4.33. The van der Waals surface area contributed by atoms with Gasteiger partial charge in [-0.25, -0.2) is 13.8 Å². The Morgan fingerprint density at radius 1 is 0.900 bits per heavy atom. The zero-order chi connectivity index (χ0) is 21.1. The number of amides is 2. The Morgan fingerprint density at radius 2 is 1.57 bits per heavy atom. The third-order valence-corrected chi connectivity index (χ3v) is 5.27. The topological polar surface area (TPSA) is 71.1 Å². The Balaban J connectivity index is 1.35. The summed E-state index contributed by atoms with van der Waals surface area (Å²) < 4.78 is 27.0. The number of nitrogens with one attached hydrogen (secondary N) is 2. The average molecular weight is 423 g/mol. The van der Waals surface area contributed by atoms with Crippen molar-refractivity contribution in [3.63, 3.8) is 0 Å². The molecule has 2 N–H and O–H groups in total. The van der Waals surface area contributed by atoms with Gasteiger partial charge in [0.1, 0.15) is 0 Å². The van der Waals surface area contributed by atoms with Crippen molar-refractivity contribution < 1.29 is 18.4 Å². The average Bonchev–Trinajstić information content (AvgIpc) is 3.13. The Kier molecular flexibility index (Phi) is 5.49. The van der Waals surface area contributed by atoms with Gasteiger partial charge in [0.05, 0.1) is 16.8 Å². The van der Waals surface area contributed by atoms with Crippen molar-refractivity contribution in [2.24, 2.45) is 0 Å². The van der Waals surface area contributed by atoms with Crippen molar-refractivity contribution in [2.45, 2.75) is 0 Å². The minimum atomic E-state index is -1.00. The molecule has 1 aromatic heterocycles. The van der Waals surface area contributed by atoms with Crippen LogP contribution in [0.2, 0.25) is 0 Å². The number of aromatic nitrogens is 1. The van der Waals surface area contributed by atoms with Crippen LogP contribution in [0.4, 0.5) is 13.9 Å². The van der Waals surface area contributed by atoms with E-state index in [-0.39, 0.29) is 17.2 Å². The van der Waals surface area contributed by atoms with Crippen LogP contribution in [0.5, 0.6) is 0 Å². The minimum absolute atomic E-state index is 0.196. The van der Waals surface area contributed by atoms with Gasteiger partial charge in [-0.2, -0.15) is 0 Å². The maximum absolute atomic E-state index is 13.3. The molecule has 0 aliphatic rings. The molecule has 1 heterocycles. The van der Waals surface area contributed by atoms with Gasteiger partial charge in [-0.15, -0.1) is 0 Å². The molecule has 0 saturated heterocycles. The molecule has 0 aliphatic heterocycles. The van der Waals surface area contributed by atoms with E-state index >= 15 is 0 Å². The number of rotatable bonds is 5. The molecule has 150 valence electrons. The summed E-state index contributed by atoms with van der Waals surface area (Å²) in [6.45, 7) is -0.266. The molecular formula is C22H15F2N3O2S. The SMILES string of the molecule is O=C(CNC(=O)c1ccc(-c2ccccc2)cc1)Nc1nc2cc(F)c(F)cc2s1. The second-order valence-corrected chi connectivity index (χ2v) is 7.46. The number of halogens is 2. The van der Waals surface area contributed by atoms with E-state index in [4.69, 9.17) is 0 Å². The predicted octanol–water partition coefficient (Wildman–Crippen LogP) is 4.61. The van der Waals surface area contributed by atoms with E-state index in [2.05, 4.69) is 15.6 Å². The normalized spacial score (nSPS) is 10.7. The summed E-state index contributed by atoms with van der Waals surface area (Å²) in [5.74, 6) is -2.87. The van der Waals surface area contributed by atoms with Gasteiger partial charge in [0.15, 0.2) is 16.8 Å². The summed E-state index contributed by atoms with van der Waals surface area (Å²) in [4.78, 5) is 28.4. The van der Waals surface area contributed by atoms with Crippen LogP contribution in [0, 0.1) is 11.6 Å². The molecular weight excluding hydrogens is 408 g/mol. The summed E-state index contributed by atoms with van der Waals surface area (Å²) in [7, 11) is 0. The number of carbonyl (C=O) groups is 2. The van der Waals surface area contributed by atoms with E-state index in [0.29, 0.717) is 10.3 Å². The number of thiazole rings is 1. The van der Waals surface area contributed by atoms with E-state index < -0.39 is 23.4 Å². The number of fused-ring (bicyclic) bond motifs is 1. The van der Waals surface area contributed by atoms with Crippen molar-refractivity contribution in [1.82, 2.24) is 10.3 Å². The van der Waals surface area contributed by atoms with Gasteiger partial charge in [0.2, 0.25) is 5.91 Å². The van der Waals surface area contributed by atoms with Crippen LogP contribution < -0.4 is 10.6 Å². The first kappa shape index (κ1) is 19.7. The van der Waals surface area contributed by atoms with Crippen LogP contribution in [0.3, 0.4) is 0 Å². The highest BCUT2D eigenvalue weighted by atomic mass is 32.1. The van der Waals surface area contributed by atoms with Gasteiger partial charge < -0.3 is 10.6 Å². The fourth-order valence-electron chi connectivity index (χ4n) is 2.85. The van der Waals surface area contributed by atoms with Crippen LogP contribution in [0.25, 0.3) is 21.3 Å². The van der Waals surface area contributed by atoms with Gasteiger partial charge in [0.25, 0.3) is 5.91 Å². The van der Waals surface area contributed by atoms with E-state index in [1.54, 1.807) is 12.1 Å². The molecule has 3 aromatic carbocycles. The van der Waals surface area contributed by atoms with Crippen LogP contribution in [-0.4, -0.2) is 23.3 Å². The summed E-state index contributed by atoms with van der Waals surface area (Å²) in [5, 5.41) is 5.25. The lowest BCUT2D eigenvalue weighted by atomic mass is 10.0. The van der Waals surface area contributed by atoms with Crippen LogP contribution in [-0.2, 0) is 4.79 Å². The van der Waals surface area contributed by atoms with Gasteiger partial charge in [-0.05, 0) is 29.3 Å². The fraction of sp³-hybridized carbons (Fsp3) is 0.0455. The lowest BCUT2D eigenvalue weighted by Crippen LogP contribution is -2.32. The zero-order valence-electron chi connectivity index (χ0n) is 15.5. The molecule has 0 saturated carbocycles. The third-order valence-electron chi connectivity index (χ3n) is 4.34. The first-order valence-electron chi connectivity index (χ1n) is 8.99. The Morgan fingerprint density at radius 3 is 2.30 bits per heavy atom. The largest absolute Gasteiger partial charge is 0.343 e. The molecule has 4 rings (SSSR count). The molecule has 0 bridgehead atoms. The van der Waals surface area contributed by atoms with E-state index in [0.717, 1.165) is 34.6 Å². The maximum Gasteiger partial charge on any atom is 0.251 e. The predicted molar refractivity (Wildman–Crippen MR) is 112 cm³/mol. The lowest BCUT2D eigenvalue weighted by molar-refractivity contribution is -0.115. The summed E-state index contributed by atoms with van der Waals surface area (Å²) in [6, 6.07) is 18.8. The number of benzene rings is 3. The highest BCUT2D eigenvalue weighted by Crippen LogP contribution is 2.27. The Bertz CT molecular complexity index is 1190. The summed E-state index contributed by atoms with van der Waals surface area (Å²) in [6.07, 6.45) is 0. The second-order valence-electron chi connectivity index (χ2n) is 6.43. The fourth-order valence-corrected chi connectivity index (χ4v) is 3.74. The van der Waals surface area contributed by atoms with Crippen molar-refractivity contribution in [3.8, 4) is 11.1 Å². The van der Waals surface area contributed by atoms with Crippen molar-refractivity contribution in [2.75, 3.05) is 11.9 Å². The van der Waals surface area contributed by atoms with Gasteiger partial charge in [-0.1, -0.05) is 53.8 Å². The monoisotopic (exact) mass is 423 g/mol. The molecule has 30 heavy (non-hydrogen) atoms. The lowest BCUT2D eigenvalue weighted by Gasteiger charge is -2.06. The standard InChI is InChI=1S/C22H15F2N3O2S/c23-16-10-18-19(11-17(16)24)30-22(26-18)27-20(28)12-25-21(29)15-8-6-14(7-9-15)13-4-2-1-3-5-13/h1-11H,12H2,(H,25,29)(H,26,27,28). The summed E-state index contributed by atoms with van der Waals surface area (Å²) in [5.41, 5.74) is 2.69. The quantitative estimate of drug-likeness (QED) is 0.493. The van der Waals surface area contributed by atoms with Crippen LogP contribution in [0.15, 0.2) is 66.7 Å². The smallest absolute Gasteiger partial charge is 0.251 e. The van der Waals surface area contributed by atoms with Gasteiger partial charge >= 0.3 is 0 Å². The first-order chi connectivity index (χ1) is 14.5. The molecule has 0 spiro atoms. The van der Waals surface area contributed by atoms with E-state index in [9.17, 15) is 18.4 Å². The molecule has 0 aliphatic carbocycles. The molecule has 4 aromatic rings. The Labute approximate surface area is 174 Å². The summed E-state index contributed by atoms with van der Waals surface area (Å²) >= 11 is 1.02. The molecule has 2 amide bonds. The van der Waals surface area contributed by atoms with Crippen molar-refractivity contribution in [3.05, 3.63) is 83.9 Å². The van der Waals surface area contributed by atoms with Crippen LogP contribution >= 0.6 is 11.3 Å². The first-order valence-corrected chi connectivity index (χ1v) is 9.80. The molecule has 0 radical (unpaired) electrons. The highest BCUT2D eigenvalue weighted by Gasteiger charge is 2.13. The highest BCUT2D eigenvalue weighted by molar-refractivity contribution is 7.22. The van der Waals surface area contributed by atoms with Crippen molar-refractivity contribution >= 4 is 38.5 Å². The number of hydrogen-bond acceptors (Lipinski definition) is 4. The second kappa shape index (κ2) is 8.38. The molecule has 5 nitrogen and oxygen atoms in total. The van der Waals surface area contributed by atoms with Gasteiger partial charge in [0, 0.05) is 11.6 Å². The Hall–Kier alpha value is -3.65. The number of hydrogen-bond donors (Lipinski definition) is 2. The van der Waals surface area contributed by atoms with Gasteiger partial charge in [-0.3, -0.25) is 9.59 Å². The maximum atomic E-state index is 13.3. The molecule has 0 fully saturated rings. The number of nitrogens with zero attached hydrogens (tertiary/aromatic N) is 1. The number of anilines is 1. The number of carbonyl (C=O) groups excluding carboxylic acids is 2. The van der Waals surface area contributed by atoms with Crippen molar-refractivity contribution in [1.29, 1.82) is 0 Å². The zero-order valence-corrected chi connectivity index (χ0v) is 16.3. The van der Waals surface area contributed by atoms with E-state index in [1.807, 2.05) is 42.5 Å².